The number of hydrogen-bond acceptors (Lipinski definition) is 10. The van der Waals surface area contributed by atoms with Gasteiger partial charge in [-0.25, -0.2) is 4.98 Å². The fraction of sp³-hybridized carbons (Fsp3) is 0.294. The Balaban J connectivity index is 0.876. The second kappa shape index (κ2) is 14.0. The third-order valence-electron chi connectivity index (χ3n) is 8.05. The van der Waals surface area contributed by atoms with Crippen molar-refractivity contribution in [3.63, 3.8) is 0 Å². The highest BCUT2D eigenvalue weighted by molar-refractivity contribution is 7.21. The zero-order valence-corrected chi connectivity index (χ0v) is 26.2. The number of hydrogen-bond donors (Lipinski definition) is 4. The lowest BCUT2D eigenvalue weighted by Crippen LogP contribution is -2.54. The van der Waals surface area contributed by atoms with Gasteiger partial charge in [-0.2, -0.15) is 0 Å². The molecule has 1 saturated heterocycles. The number of carbonyl (C=O) groups is 5. The summed E-state index contributed by atoms with van der Waals surface area (Å²) < 4.78 is 6.57. The van der Waals surface area contributed by atoms with Crippen molar-refractivity contribution in [2.75, 3.05) is 25.0 Å². The number of amides is 5. The van der Waals surface area contributed by atoms with E-state index in [1.807, 2.05) is 30.3 Å². The number of aromatic hydroxyl groups is 1. The van der Waals surface area contributed by atoms with Crippen LogP contribution in [-0.4, -0.2) is 70.3 Å². The maximum Gasteiger partial charge on any atom is 0.266 e. The van der Waals surface area contributed by atoms with Gasteiger partial charge in [-0.05, 0) is 73.9 Å². The summed E-state index contributed by atoms with van der Waals surface area (Å²) in [7, 11) is 0. The molecular formula is C34H33N5O7S. The van der Waals surface area contributed by atoms with Gasteiger partial charge >= 0.3 is 0 Å². The third-order valence-corrected chi connectivity index (χ3v) is 9.11. The van der Waals surface area contributed by atoms with Gasteiger partial charge < -0.3 is 20.5 Å². The van der Waals surface area contributed by atoms with E-state index in [0.717, 1.165) is 63.6 Å². The minimum absolute atomic E-state index is 0.00893. The molecule has 13 heteroatoms. The summed E-state index contributed by atoms with van der Waals surface area (Å²) in [6, 6.07) is 16.8. The van der Waals surface area contributed by atoms with Crippen molar-refractivity contribution in [2.45, 2.75) is 44.6 Å². The minimum atomic E-state index is -1.08. The molecule has 2 aliphatic rings. The van der Waals surface area contributed by atoms with Crippen LogP contribution in [0.5, 0.6) is 11.5 Å². The number of ether oxygens (including phenoxy) is 1. The van der Waals surface area contributed by atoms with Gasteiger partial charge in [0.15, 0.2) is 6.61 Å². The van der Waals surface area contributed by atoms with Crippen molar-refractivity contribution in [2.24, 2.45) is 0 Å². The topological polar surface area (TPSA) is 167 Å². The Morgan fingerprint density at radius 3 is 2.55 bits per heavy atom. The van der Waals surface area contributed by atoms with Crippen LogP contribution in [0.15, 0.2) is 60.7 Å². The van der Waals surface area contributed by atoms with Crippen molar-refractivity contribution in [1.29, 1.82) is 0 Å². The number of phenols is 1. The lowest BCUT2D eigenvalue weighted by atomic mass is 10.0. The van der Waals surface area contributed by atoms with Crippen molar-refractivity contribution in [1.82, 2.24) is 20.5 Å². The first kappa shape index (κ1) is 31.7. The zero-order chi connectivity index (χ0) is 32.9. The maximum absolute atomic E-state index is 13.1. The number of anilines is 1. The highest BCUT2D eigenvalue weighted by Crippen LogP contribution is 2.34. The van der Waals surface area contributed by atoms with Crippen molar-refractivity contribution in [3.8, 4) is 22.1 Å². The van der Waals surface area contributed by atoms with E-state index in [1.54, 1.807) is 29.5 Å². The molecule has 0 bridgehead atoms. The number of nitrogens with one attached hydrogen (secondary N) is 3. The first-order valence-corrected chi connectivity index (χ1v) is 16.3. The van der Waals surface area contributed by atoms with Crippen LogP contribution in [0.3, 0.4) is 0 Å². The van der Waals surface area contributed by atoms with Gasteiger partial charge in [-0.3, -0.25) is 34.2 Å². The summed E-state index contributed by atoms with van der Waals surface area (Å²) in [5.41, 5.74) is 3.02. The fourth-order valence-electron chi connectivity index (χ4n) is 5.63. The van der Waals surface area contributed by atoms with Crippen LogP contribution in [0.1, 0.15) is 59.2 Å². The first-order valence-electron chi connectivity index (χ1n) is 15.5. The number of rotatable bonds is 13. The molecule has 5 amide bonds. The Kier molecular flexibility index (Phi) is 9.43. The Morgan fingerprint density at radius 2 is 1.77 bits per heavy atom. The van der Waals surface area contributed by atoms with Crippen LogP contribution in [0, 0.1) is 0 Å². The smallest absolute Gasteiger partial charge is 0.266 e. The Hall–Kier alpha value is -5.30. The Morgan fingerprint density at radius 1 is 0.979 bits per heavy atom. The summed E-state index contributed by atoms with van der Waals surface area (Å²) in [6.07, 6.45) is 3.79. The number of carbonyl (C=O) groups excluding carboxylic acids is 5. The van der Waals surface area contributed by atoms with E-state index < -0.39 is 29.7 Å². The lowest BCUT2D eigenvalue weighted by molar-refractivity contribution is -0.136. The molecule has 0 saturated carbocycles. The van der Waals surface area contributed by atoms with Crippen molar-refractivity contribution in [3.05, 3.63) is 71.8 Å². The molecular weight excluding hydrogens is 622 g/mol. The predicted octanol–water partition coefficient (Wildman–Crippen LogP) is 4.24. The molecule has 0 aliphatic carbocycles. The third kappa shape index (κ3) is 7.09. The van der Waals surface area contributed by atoms with E-state index in [1.165, 1.54) is 12.1 Å². The van der Waals surface area contributed by atoms with Gasteiger partial charge in [0, 0.05) is 30.8 Å². The normalized spacial score (nSPS) is 15.9. The number of aromatic nitrogens is 1. The summed E-state index contributed by atoms with van der Waals surface area (Å²) in [5.74, 6) is -2.48. The molecule has 2 aliphatic heterocycles. The number of imide groups is 2. The molecule has 1 fully saturated rings. The summed E-state index contributed by atoms with van der Waals surface area (Å²) in [4.78, 5) is 67.8. The van der Waals surface area contributed by atoms with Crippen LogP contribution in [-0.2, 0) is 14.4 Å². The standard InChI is InChI=1S/C34H33N5O7S/c40-22-12-13-24-27(18-22)47-32(37-24)20-8-10-21(11-9-20)35-16-3-1-2-4-17-36-29(42)19-46-26-7-5-6-23-30(26)34(45)39(33(23)44)25-14-15-28(41)38-31(25)43/h5-13,18,25,35,40H,1-4,14-17,19H2,(H,36,42)(H,38,41,43). The van der Waals surface area contributed by atoms with Gasteiger partial charge in [0.05, 0.1) is 21.3 Å². The molecule has 0 spiro atoms. The summed E-state index contributed by atoms with van der Waals surface area (Å²) >= 11 is 1.54. The molecule has 0 radical (unpaired) electrons. The number of thiazole rings is 1. The van der Waals surface area contributed by atoms with Crippen molar-refractivity contribution < 1.29 is 33.8 Å². The SMILES string of the molecule is O=C(COc1cccc2c1C(=O)N(C1CCC(=O)NC1=O)C2=O)NCCCCCCNc1ccc(-c2nc3ccc(O)cc3s2)cc1. The highest BCUT2D eigenvalue weighted by Gasteiger charge is 2.46. The lowest BCUT2D eigenvalue weighted by Gasteiger charge is -2.27. The number of phenolic OH excluding ortho intramolecular Hbond substituents is 1. The van der Waals surface area contributed by atoms with Crippen LogP contribution in [0.4, 0.5) is 5.69 Å². The van der Waals surface area contributed by atoms with Gasteiger partial charge in [0.25, 0.3) is 17.7 Å². The van der Waals surface area contributed by atoms with E-state index in [9.17, 15) is 29.1 Å². The average Bonchev–Trinajstić information content (AvgIpc) is 3.59. The summed E-state index contributed by atoms with van der Waals surface area (Å²) in [6.45, 7) is 0.973. The van der Waals surface area contributed by atoms with E-state index in [-0.39, 0.29) is 48.0 Å². The molecule has 12 nitrogen and oxygen atoms in total. The Labute approximate surface area is 274 Å². The second-order valence-corrected chi connectivity index (χ2v) is 12.4. The predicted molar refractivity (Wildman–Crippen MR) is 175 cm³/mol. The van der Waals surface area contributed by atoms with E-state index in [2.05, 4.69) is 20.9 Å². The van der Waals surface area contributed by atoms with Gasteiger partial charge in [0.1, 0.15) is 22.5 Å². The largest absolute Gasteiger partial charge is 0.508 e. The molecule has 1 unspecified atom stereocenters. The van der Waals surface area contributed by atoms with Crippen LogP contribution < -0.4 is 20.7 Å². The van der Waals surface area contributed by atoms with Gasteiger partial charge in [-0.1, -0.05) is 18.9 Å². The quantitative estimate of drug-likeness (QED) is 0.122. The number of benzene rings is 3. The summed E-state index contributed by atoms with van der Waals surface area (Å²) in [5, 5.41) is 19.0. The molecule has 1 aromatic heterocycles. The molecule has 4 aromatic rings. The average molecular weight is 656 g/mol. The fourth-order valence-corrected chi connectivity index (χ4v) is 6.63. The van der Waals surface area contributed by atoms with Crippen LogP contribution in [0.2, 0.25) is 0 Å². The van der Waals surface area contributed by atoms with Crippen molar-refractivity contribution >= 4 is 56.8 Å². The minimum Gasteiger partial charge on any atom is -0.508 e. The van der Waals surface area contributed by atoms with Crippen LogP contribution >= 0.6 is 11.3 Å². The van der Waals surface area contributed by atoms with E-state index >= 15 is 0 Å². The van der Waals surface area contributed by atoms with Gasteiger partial charge in [0.2, 0.25) is 11.8 Å². The monoisotopic (exact) mass is 655 g/mol. The molecule has 6 rings (SSSR count). The molecule has 1 atom stereocenters. The molecule has 242 valence electrons. The zero-order valence-electron chi connectivity index (χ0n) is 25.4. The Bertz CT molecular complexity index is 1860. The highest BCUT2D eigenvalue weighted by atomic mass is 32.1. The number of fused-ring (bicyclic) bond motifs is 2. The maximum atomic E-state index is 13.1. The van der Waals surface area contributed by atoms with Gasteiger partial charge in [-0.15, -0.1) is 11.3 Å². The molecule has 3 aromatic carbocycles. The second-order valence-electron chi connectivity index (χ2n) is 11.4. The number of piperidine rings is 1. The molecule has 3 heterocycles. The molecule has 47 heavy (non-hydrogen) atoms. The van der Waals surface area contributed by atoms with E-state index in [4.69, 9.17) is 4.74 Å². The number of unbranched alkanes of at least 4 members (excludes halogenated alkanes) is 3. The first-order chi connectivity index (χ1) is 22.8. The molecule has 4 N–H and O–H groups in total. The van der Waals surface area contributed by atoms with E-state index in [0.29, 0.717) is 6.54 Å². The van der Waals surface area contributed by atoms with Crippen LogP contribution in [0.25, 0.3) is 20.8 Å². The number of nitrogens with zero attached hydrogens (tertiary/aromatic N) is 2.